The van der Waals surface area contributed by atoms with Crippen LogP contribution in [0.3, 0.4) is 0 Å². The summed E-state index contributed by atoms with van der Waals surface area (Å²) >= 11 is 0. The lowest BCUT2D eigenvalue weighted by Gasteiger charge is -2.24. The van der Waals surface area contributed by atoms with Crippen LogP contribution in [0.5, 0.6) is 0 Å². The summed E-state index contributed by atoms with van der Waals surface area (Å²) in [6.07, 6.45) is 1.97. The third kappa shape index (κ3) is 4.77. The third-order valence-corrected chi connectivity index (χ3v) is 1.59. The van der Waals surface area contributed by atoms with Gasteiger partial charge in [-0.15, -0.1) is 0 Å². The molecule has 10 heavy (non-hydrogen) atoms. The summed E-state index contributed by atoms with van der Waals surface area (Å²) in [5.41, 5.74) is 0.102. The lowest BCUT2D eigenvalue weighted by molar-refractivity contribution is 0.231. The molecular formula is C8H19NO. The van der Waals surface area contributed by atoms with Gasteiger partial charge in [0, 0.05) is 12.1 Å². The predicted molar refractivity (Wildman–Crippen MR) is 44.1 cm³/mol. The molecule has 0 spiro atoms. The van der Waals surface area contributed by atoms with E-state index in [0.29, 0.717) is 0 Å². The van der Waals surface area contributed by atoms with Crippen LogP contribution in [-0.2, 0) is 0 Å². The van der Waals surface area contributed by atoms with Gasteiger partial charge in [0.25, 0.3) is 0 Å². The van der Waals surface area contributed by atoms with Crippen LogP contribution in [0.1, 0.15) is 33.6 Å². The quantitative estimate of drug-likeness (QED) is 0.608. The Kier molecular flexibility index (Phi) is 4.65. The molecule has 2 heteroatoms. The standard InChI is InChI=1S/C8H19NO/c1-4-6-9-8(2,3)5-7-10/h9-10H,4-7H2,1-3H3. The Morgan fingerprint density at radius 2 is 2.00 bits per heavy atom. The van der Waals surface area contributed by atoms with Gasteiger partial charge in [0.15, 0.2) is 0 Å². The molecule has 2 nitrogen and oxygen atoms in total. The van der Waals surface area contributed by atoms with Gasteiger partial charge in [-0.25, -0.2) is 0 Å². The minimum Gasteiger partial charge on any atom is -0.396 e. The van der Waals surface area contributed by atoms with Crippen LogP contribution in [-0.4, -0.2) is 23.8 Å². The van der Waals surface area contributed by atoms with Gasteiger partial charge < -0.3 is 10.4 Å². The van der Waals surface area contributed by atoms with E-state index in [-0.39, 0.29) is 12.1 Å². The summed E-state index contributed by atoms with van der Waals surface area (Å²) < 4.78 is 0. The molecule has 0 atom stereocenters. The molecule has 0 fully saturated rings. The van der Waals surface area contributed by atoms with Crippen molar-refractivity contribution in [2.75, 3.05) is 13.2 Å². The van der Waals surface area contributed by atoms with E-state index < -0.39 is 0 Å². The molecular weight excluding hydrogens is 126 g/mol. The molecule has 0 aliphatic rings. The van der Waals surface area contributed by atoms with E-state index in [9.17, 15) is 0 Å². The first-order chi connectivity index (χ1) is 4.62. The molecule has 0 unspecified atom stereocenters. The van der Waals surface area contributed by atoms with Crippen LogP contribution in [0.2, 0.25) is 0 Å². The van der Waals surface area contributed by atoms with Gasteiger partial charge in [0.05, 0.1) is 0 Å². The summed E-state index contributed by atoms with van der Waals surface area (Å²) in [5.74, 6) is 0. The van der Waals surface area contributed by atoms with Crippen molar-refractivity contribution in [2.45, 2.75) is 39.2 Å². The Labute approximate surface area is 63.6 Å². The number of aliphatic hydroxyl groups excluding tert-OH is 1. The fourth-order valence-corrected chi connectivity index (χ4v) is 0.831. The average Bonchev–Trinajstić information content (AvgIpc) is 1.84. The maximum absolute atomic E-state index is 8.66. The number of nitrogens with one attached hydrogen (secondary N) is 1. The second kappa shape index (κ2) is 4.69. The molecule has 0 aromatic heterocycles. The molecule has 0 bridgehead atoms. The van der Waals surface area contributed by atoms with Crippen LogP contribution in [0, 0.1) is 0 Å². The van der Waals surface area contributed by atoms with Crippen LogP contribution in [0.4, 0.5) is 0 Å². The minimum absolute atomic E-state index is 0.102. The second-order valence-electron chi connectivity index (χ2n) is 3.28. The zero-order valence-electron chi connectivity index (χ0n) is 7.28. The summed E-state index contributed by atoms with van der Waals surface area (Å²) in [5, 5.41) is 12.0. The van der Waals surface area contributed by atoms with Crippen molar-refractivity contribution < 1.29 is 5.11 Å². The molecule has 62 valence electrons. The molecule has 0 amide bonds. The number of aliphatic hydroxyl groups is 1. The fraction of sp³-hybridized carbons (Fsp3) is 1.00. The highest BCUT2D eigenvalue weighted by molar-refractivity contribution is 4.75. The van der Waals surface area contributed by atoms with Gasteiger partial charge in [-0.1, -0.05) is 6.92 Å². The molecule has 0 aliphatic carbocycles. The minimum atomic E-state index is 0.102. The summed E-state index contributed by atoms with van der Waals surface area (Å²) in [7, 11) is 0. The smallest absolute Gasteiger partial charge is 0.0448 e. The van der Waals surface area contributed by atoms with Crippen molar-refractivity contribution in [1.82, 2.24) is 5.32 Å². The first kappa shape index (κ1) is 9.92. The van der Waals surface area contributed by atoms with Crippen LogP contribution in [0.25, 0.3) is 0 Å². The van der Waals surface area contributed by atoms with Crippen LogP contribution < -0.4 is 5.32 Å². The normalized spacial score (nSPS) is 12.0. The Morgan fingerprint density at radius 3 is 2.40 bits per heavy atom. The Morgan fingerprint density at radius 1 is 1.40 bits per heavy atom. The first-order valence-electron chi connectivity index (χ1n) is 3.98. The maximum Gasteiger partial charge on any atom is 0.0448 e. The van der Waals surface area contributed by atoms with Gasteiger partial charge in [0.1, 0.15) is 0 Å². The van der Waals surface area contributed by atoms with Crippen molar-refractivity contribution >= 4 is 0 Å². The van der Waals surface area contributed by atoms with E-state index in [4.69, 9.17) is 5.11 Å². The lowest BCUT2D eigenvalue weighted by Crippen LogP contribution is -2.40. The molecule has 0 saturated carbocycles. The Bertz CT molecular complexity index is 81.3. The second-order valence-corrected chi connectivity index (χ2v) is 3.28. The Hall–Kier alpha value is -0.0800. The summed E-state index contributed by atoms with van der Waals surface area (Å²) in [6, 6.07) is 0. The van der Waals surface area contributed by atoms with Gasteiger partial charge in [-0.2, -0.15) is 0 Å². The number of hydrogen-bond acceptors (Lipinski definition) is 2. The molecule has 0 rings (SSSR count). The third-order valence-electron chi connectivity index (χ3n) is 1.59. The SMILES string of the molecule is CCCNC(C)(C)CCO. The maximum atomic E-state index is 8.66. The zero-order valence-corrected chi connectivity index (χ0v) is 7.28. The van der Waals surface area contributed by atoms with Crippen molar-refractivity contribution in [3.63, 3.8) is 0 Å². The zero-order chi connectivity index (χ0) is 8.04. The topological polar surface area (TPSA) is 32.3 Å². The largest absolute Gasteiger partial charge is 0.396 e. The highest BCUT2D eigenvalue weighted by atomic mass is 16.3. The van der Waals surface area contributed by atoms with E-state index in [1.807, 2.05) is 0 Å². The van der Waals surface area contributed by atoms with Crippen molar-refractivity contribution in [3.05, 3.63) is 0 Å². The van der Waals surface area contributed by atoms with Gasteiger partial charge in [-0.3, -0.25) is 0 Å². The molecule has 0 radical (unpaired) electrons. The molecule has 0 aliphatic heterocycles. The monoisotopic (exact) mass is 145 g/mol. The molecule has 0 aromatic carbocycles. The molecule has 0 aromatic rings. The van der Waals surface area contributed by atoms with E-state index in [1.54, 1.807) is 0 Å². The summed E-state index contributed by atoms with van der Waals surface area (Å²) in [6.45, 7) is 7.66. The van der Waals surface area contributed by atoms with E-state index in [0.717, 1.165) is 19.4 Å². The Balaban J connectivity index is 3.42. The van der Waals surface area contributed by atoms with Gasteiger partial charge in [0.2, 0.25) is 0 Å². The molecule has 0 heterocycles. The fourth-order valence-electron chi connectivity index (χ4n) is 0.831. The van der Waals surface area contributed by atoms with Crippen molar-refractivity contribution in [1.29, 1.82) is 0 Å². The van der Waals surface area contributed by atoms with Gasteiger partial charge in [-0.05, 0) is 33.2 Å². The van der Waals surface area contributed by atoms with E-state index in [2.05, 4.69) is 26.1 Å². The van der Waals surface area contributed by atoms with Gasteiger partial charge >= 0.3 is 0 Å². The molecule has 0 saturated heterocycles. The number of hydrogen-bond donors (Lipinski definition) is 2. The predicted octanol–water partition coefficient (Wildman–Crippen LogP) is 1.15. The van der Waals surface area contributed by atoms with Crippen molar-refractivity contribution in [2.24, 2.45) is 0 Å². The number of rotatable bonds is 5. The summed E-state index contributed by atoms with van der Waals surface area (Å²) in [4.78, 5) is 0. The lowest BCUT2D eigenvalue weighted by atomic mass is 10.0. The first-order valence-corrected chi connectivity index (χ1v) is 3.98. The van der Waals surface area contributed by atoms with Crippen LogP contribution in [0.15, 0.2) is 0 Å². The highest BCUT2D eigenvalue weighted by Gasteiger charge is 2.14. The highest BCUT2D eigenvalue weighted by Crippen LogP contribution is 2.06. The van der Waals surface area contributed by atoms with E-state index in [1.165, 1.54) is 0 Å². The average molecular weight is 145 g/mol. The van der Waals surface area contributed by atoms with Crippen LogP contribution >= 0.6 is 0 Å². The van der Waals surface area contributed by atoms with E-state index >= 15 is 0 Å². The molecule has 2 N–H and O–H groups in total. The van der Waals surface area contributed by atoms with Crippen molar-refractivity contribution in [3.8, 4) is 0 Å².